The van der Waals surface area contributed by atoms with Gasteiger partial charge in [0.05, 0.1) is 5.71 Å². The molecule has 2 heteroatoms. The van der Waals surface area contributed by atoms with Gasteiger partial charge in [0.1, 0.15) is 6.10 Å². The van der Waals surface area contributed by atoms with E-state index in [1.807, 2.05) is 0 Å². The molecule has 12 heavy (non-hydrogen) atoms. The summed E-state index contributed by atoms with van der Waals surface area (Å²) in [6.07, 6.45) is 8.48. The predicted molar refractivity (Wildman–Crippen MR) is 47.0 cm³/mol. The molecule has 1 aliphatic heterocycles. The summed E-state index contributed by atoms with van der Waals surface area (Å²) in [6, 6.07) is 0. The Hall–Kier alpha value is -0.530. The van der Waals surface area contributed by atoms with Gasteiger partial charge in [0.25, 0.3) is 0 Å². The van der Waals surface area contributed by atoms with Crippen LogP contribution in [0.1, 0.15) is 38.5 Å². The van der Waals surface area contributed by atoms with E-state index in [1.54, 1.807) is 0 Å². The van der Waals surface area contributed by atoms with Gasteiger partial charge in [-0.05, 0) is 38.0 Å². The van der Waals surface area contributed by atoms with Crippen LogP contribution in [0, 0.1) is 11.8 Å². The molecule has 2 fully saturated rings. The Morgan fingerprint density at radius 1 is 1.17 bits per heavy atom. The quantitative estimate of drug-likeness (QED) is 0.540. The lowest BCUT2D eigenvalue weighted by Gasteiger charge is -2.17. The molecule has 2 aliphatic carbocycles. The maximum absolute atomic E-state index is 5.46. The van der Waals surface area contributed by atoms with Crippen molar-refractivity contribution in [2.75, 3.05) is 0 Å². The molecule has 0 amide bonds. The third kappa shape index (κ3) is 0.838. The number of hydrogen-bond donors (Lipinski definition) is 0. The lowest BCUT2D eigenvalue weighted by Crippen LogP contribution is -2.23. The Balaban J connectivity index is 1.91. The van der Waals surface area contributed by atoms with Crippen molar-refractivity contribution in [3.63, 3.8) is 0 Å². The van der Waals surface area contributed by atoms with Gasteiger partial charge in [0, 0.05) is 5.92 Å². The van der Waals surface area contributed by atoms with Crippen LogP contribution in [0.25, 0.3) is 0 Å². The van der Waals surface area contributed by atoms with Crippen molar-refractivity contribution in [1.29, 1.82) is 0 Å². The van der Waals surface area contributed by atoms with Crippen molar-refractivity contribution in [2.24, 2.45) is 17.0 Å². The molecule has 2 nitrogen and oxygen atoms in total. The zero-order valence-electron chi connectivity index (χ0n) is 7.33. The van der Waals surface area contributed by atoms with Crippen molar-refractivity contribution in [3.8, 4) is 0 Å². The largest absolute Gasteiger partial charge is 0.392 e. The molecule has 3 aliphatic rings. The molecule has 3 rings (SSSR count). The highest BCUT2D eigenvalue weighted by atomic mass is 16.6. The fraction of sp³-hybridized carbons (Fsp3) is 0.900. The topological polar surface area (TPSA) is 21.6 Å². The van der Waals surface area contributed by atoms with E-state index < -0.39 is 0 Å². The normalized spacial score (nSPS) is 44.7. The van der Waals surface area contributed by atoms with Crippen molar-refractivity contribution in [3.05, 3.63) is 0 Å². The first-order chi connectivity index (χ1) is 5.95. The minimum Gasteiger partial charge on any atom is -0.392 e. The van der Waals surface area contributed by atoms with Gasteiger partial charge in [-0.3, -0.25) is 0 Å². The first-order valence-corrected chi connectivity index (χ1v) is 5.18. The average Bonchev–Trinajstić information content (AvgIpc) is 2.57. The van der Waals surface area contributed by atoms with E-state index in [9.17, 15) is 0 Å². The van der Waals surface area contributed by atoms with Crippen LogP contribution in [0.15, 0.2) is 5.16 Å². The second-order valence-corrected chi connectivity index (χ2v) is 4.34. The van der Waals surface area contributed by atoms with Crippen LogP contribution in [0.5, 0.6) is 0 Å². The number of rotatable bonds is 0. The fourth-order valence-corrected chi connectivity index (χ4v) is 3.09. The Kier molecular flexibility index (Phi) is 1.43. The fourth-order valence-electron chi connectivity index (χ4n) is 3.09. The molecule has 0 radical (unpaired) electrons. The van der Waals surface area contributed by atoms with E-state index >= 15 is 0 Å². The summed E-state index contributed by atoms with van der Waals surface area (Å²) in [5, 5.41) is 4.20. The Labute approximate surface area is 73.0 Å². The van der Waals surface area contributed by atoms with Gasteiger partial charge in [-0.25, -0.2) is 0 Å². The molecule has 66 valence electrons. The Morgan fingerprint density at radius 2 is 2.08 bits per heavy atom. The predicted octanol–water partition coefficient (Wildman–Crippen LogP) is 2.34. The minimum absolute atomic E-state index is 0.468. The molecule has 0 aromatic heterocycles. The lowest BCUT2D eigenvalue weighted by molar-refractivity contribution is 0.0465. The summed E-state index contributed by atoms with van der Waals surface area (Å²) in [5.41, 5.74) is 1.38. The first-order valence-electron chi connectivity index (χ1n) is 5.18. The van der Waals surface area contributed by atoms with E-state index in [0.29, 0.717) is 6.10 Å². The van der Waals surface area contributed by atoms with Gasteiger partial charge >= 0.3 is 0 Å². The molecular formula is C10H15NO. The summed E-state index contributed by atoms with van der Waals surface area (Å²) in [6.45, 7) is 0. The molecule has 0 unspecified atom stereocenters. The Bertz CT molecular complexity index is 224. The van der Waals surface area contributed by atoms with Gasteiger partial charge in [0.2, 0.25) is 0 Å². The molecule has 2 saturated carbocycles. The smallest absolute Gasteiger partial charge is 0.135 e. The van der Waals surface area contributed by atoms with Crippen molar-refractivity contribution >= 4 is 5.71 Å². The summed E-state index contributed by atoms with van der Waals surface area (Å²) in [7, 11) is 0. The molecule has 3 atom stereocenters. The molecule has 0 spiro atoms. The van der Waals surface area contributed by atoms with Crippen molar-refractivity contribution in [1.82, 2.24) is 0 Å². The zero-order chi connectivity index (χ0) is 7.97. The minimum atomic E-state index is 0.468. The van der Waals surface area contributed by atoms with Crippen molar-refractivity contribution in [2.45, 2.75) is 44.6 Å². The van der Waals surface area contributed by atoms with Crippen LogP contribution in [-0.2, 0) is 4.84 Å². The number of hydrogen-bond acceptors (Lipinski definition) is 2. The molecule has 1 heterocycles. The third-order valence-corrected chi connectivity index (χ3v) is 3.68. The highest BCUT2D eigenvalue weighted by Crippen LogP contribution is 2.43. The molecule has 0 aromatic rings. The van der Waals surface area contributed by atoms with Gasteiger partial charge in [-0.15, -0.1) is 0 Å². The average molecular weight is 165 g/mol. The van der Waals surface area contributed by atoms with Gasteiger partial charge in [-0.1, -0.05) is 11.6 Å². The number of nitrogens with zero attached hydrogens (tertiary/aromatic N) is 1. The van der Waals surface area contributed by atoms with Gasteiger partial charge in [-0.2, -0.15) is 0 Å². The summed E-state index contributed by atoms with van der Waals surface area (Å²) < 4.78 is 0. The summed E-state index contributed by atoms with van der Waals surface area (Å²) in [5.74, 6) is 1.64. The van der Waals surface area contributed by atoms with E-state index in [0.717, 1.165) is 11.8 Å². The molecule has 0 saturated heterocycles. The van der Waals surface area contributed by atoms with Crippen LogP contribution >= 0.6 is 0 Å². The SMILES string of the molecule is C1CC[C@@H]2ON=C3CC[C@H](C1)[C@@H]32. The highest BCUT2D eigenvalue weighted by molar-refractivity contribution is 5.90. The van der Waals surface area contributed by atoms with Gasteiger partial charge in [0.15, 0.2) is 0 Å². The highest BCUT2D eigenvalue weighted by Gasteiger charge is 2.44. The van der Waals surface area contributed by atoms with E-state index in [-0.39, 0.29) is 0 Å². The third-order valence-electron chi connectivity index (χ3n) is 3.68. The molecule has 0 aromatic carbocycles. The standard InChI is InChI=1S/C10H15NO/c1-2-4-9-10-7(3-1)5-6-8(10)11-12-9/h7,9-10H,1-6H2/t7-,9-,10-/m0/s1. The van der Waals surface area contributed by atoms with E-state index in [2.05, 4.69) is 5.16 Å². The van der Waals surface area contributed by atoms with Crippen molar-refractivity contribution < 1.29 is 4.84 Å². The lowest BCUT2D eigenvalue weighted by atomic mass is 9.89. The second-order valence-electron chi connectivity index (χ2n) is 4.34. The number of oxime groups is 1. The van der Waals surface area contributed by atoms with Crippen LogP contribution in [0.3, 0.4) is 0 Å². The van der Waals surface area contributed by atoms with E-state index in [1.165, 1.54) is 44.2 Å². The van der Waals surface area contributed by atoms with Crippen LogP contribution in [0.4, 0.5) is 0 Å². The molecular weight excluding hydrogens is 150 g/mol. The van der Waals surface area contributed by atoms with Crippen LogP contribution in [-0.4, -0.2) is 11.8 Å². The first kappa shape index (κ1) is 6.93. The summed E-state index contributed by atoms with van der Waals surface area (Å²) >= 11 is 0. The van der Waals surface area contributed by atoms with Crippen LogP contribution in [0.2, 0.25) is 0 Å². The molecule has 0 N–H and O–H groups in total. The molecule has 0 bridgehead atoms. The Morgan fingerprint density at radius 3 is 3.08 bits per heavy atom. The maximum atomic E-state index is 5.46. The van der Waals surface area contributed by atoms with E-state index in [4.69, 9.17) is 4.84 Å². The summed E-state index contributed by atoms with van der Waals surface area (Å²) in [4.78, 5) is 5.46. The second kappa shape index (κ2) is 2.48. The monoisotopic (exact) mass is 165 g/mol. The van der Waals surface area contributed by atoms with Gasteiger partial charge < -0.3 is 4.84 Å². The maximum Gasteiger partial charge on any atom is 0.135 e. The zero-order valence-corrected chi connectivity index (χ0v) is 7.33. The van der Waals surface area contributed by atoms with Crippen LogP contribution < -0.4 is 0 Å².